The molecule has 2 aromatic carbocycles. The molecule has 0 radical (unpaired) electrons. The number of rotatable bonds is 11. The van der Waals surface area contributed by atoms with E-state index in [0.717, 1.165) is 4.42 Å². The summed E-state index contributed by atoms with van der Waals surface area (Å²) in [4.78, 5) is 25.3. The summed E-state index contributed by atoms with van der Waals surface area (Å²) in [5.74, 6) is 0.367. The average Bonchev–Trinajstić information content (AvgIpc) is 2.79. The molecule has 1 atom stereocenters. The number of carbonyl (C=O) groups is 2. The van der Waals surface area contributed by atoms with Crippen molar-refractivity contribution in [2.24, 2.45) is 10.2 Å². The Morgan fingerprint density at radius 2 is 1.66 bits per heavy atom. The number of Topliss-reactive ketones (excluding diaryl/α,β-unsaturated/α-hetero) is 1. The van der Waals surface area contributed by atoms with E-state index >= 15 is 0 Å². The van der Waals surface area contributed by atoms with Crippen LogP contribution in [-0.4, -0.2) is 45.2 Å². The summed E-state index contributed by atoms with van der Waals surface area (Å²) in [5, 5.41) is 7.97. The van der Waals surface area contributed by atoms with Gasteiger partial charge in [-0.2, -0.15) is 10.2 Å². The van der Waals surface area contributed by atoms with Crippen LogP contribution in [0.15, 0.2) is 46.6 Å². The van der Waals surface area contributed by atoms with E-state index < -0.39 is 17.7 Å². The van der Waals surface area contributed by atoms with E-state index in [0.29, 0.717) is 36.1 Å². The van der Waals surface area contributed by atoms with Crippen LogP contribution in [0.5, 0.6) is 23.0 Å². The Kier molecular flexibility index (Phi) is 9.27. The number of hydrogen-bond acceptors (Lipinski definition) is 8. The molecule has 10 heteroatoms. The highest BCUT2D eigenvalue weighted by atomic mass is 35.5. The summed E-state index contributed by atoms with van der Waals surface area (Å²) >= 11 is 6.34. The predicted molar refractivity (Wildman–Crippen MR) is 121 cm³/mol. The molecule has 32 heavy (non-hydrogen) atoms. The van der Waals surface area contributed by atoms with E-state index in [2.05, 4.69) is 10.2 Å². The lowest BCUT2D eigenvalue weighted by atomic mass is 10.2. The zero-order valence-electron chi connectivity index (χ0n) is 18.6. The predicted octanol–water partition coefficient (Wildman–Crippen LogP) is 4.73. The van der Waals surface area contributed by atoms with Crippen molar-refractivity contribution >= 4 is 34.8 Å². The van der Waals surface area contributed by atoms with Crippen LogP contribution >= 0.6 is 11.8 Å². The van der Waals surface area contributed by atoms with Crippen molar-refractivity contribution in [3.05, 3.63) is 36.4 Å². The second kappa shape index (κ2) is 11.9. The van der Waals surface area contributed by atoms with Crippen LogP contribution in [0.2, 0.25) is 0 Å². The molecule has 0 aromatic heterocycles. The van der Waals surface area contributed by atoms with Crippen LogP contribution in [0, 0.1) is 0 Å². The van der Waals surface area contributed by atoms with Crippen molar-refractivity contribution in [1.29, 1.82) is 0 Å². The Balaban J connectivity index is 2.37. The molecule has 0 bridgehead atoms. The summed E-state index contributed by atoms with van der Waals surface area (Å²) in [7, 11) is 2.99. The number of amides is 1. The minimum Gasteiger partial charge on any atom is -0.497 e. The molecule has 0 spiro atoms. The quantitative estimate of drug-likeness (QED) is 0.271. The van der Waals surface area contributed by atoms with Crippen LogP contribution in [-0.2, 0) is 9.59 Å². The molecule has 0 aliphatic carbocycles. The number of anilines is 1. The first kappa shape index (κ1) is 24.9. The van der Waals surface area contributed by atoms with Crippen LogP contribution in [0.3, 0.4) is 0 Å². The standard InChI is InChI=1S/C22H26ClN3O6/c1-6-31-19-10-8-9-18(21(19)32-7-2)26(23)22(28)20(14(3)27)25-24-15-11-16(29-4)13-17(12-15)30-5/h8-13,20H,6-7H2,1-5H3. The van der Waals surface area contributed by atoms with Gasteiger partial charge in [-0.05, 0) is 32.9 Å². The Labute approximate surface area is 192 Å². The molecule has 0 aliphatic rings. The number of hydrogen-bond donors (Lipinski definition) is 0. The Morgan fingerprint density at radius 3 is 2.19 bits per heavy atom. The highest BCUT2D eigenvalue weighted by Crippen LogP contribution is 2.39. The molecular formula is C22H26ClN3O6. The number of para-hydroxylation sites is 1. The first-order valence-corrected chi connectivity index (χ1v) is 10.2. The lowest BCUT2D eigenvalue weighted by Gasteiger charge is -2.21. The van der Waals surface area contributed by atoms with Crippen LogP contribution < -0.4 is 23.4 Å². The van der Waals surface area contributed by atoms with Gasteiger partial charge < -0.3 is 18.9 Å². The third kappa shape index (κ3) is 6.10. The number of nitrogens with zero attached hydrogens (tertiary/aromatic N) is 3. The van der Waals surface area contributed by atoms with Gasteiger partial charge >= 0.3 is 0 Å². The summed E-state index contributed by atoms with van der Waals surface area (Å²) < 4.78 is 22.4. The summed E-state index contributed by atoms with van der Waals surface area (Å²) in [6.07, 6.45) is 0. The molecule has 0 aliphatic heterocycles. The fourth-order valence-corrected chi connectivity index (χ4v) is 2.95. The Hall–Kier alpha value is -3.33. The van der Waals surface area contributed by atoms with Gasteiger partial charge in [0.1, 0.15) is 17.2 Å². The van der Waals surface area contributed by atoms with Crippen molar-refractivity contribution in [3.63, 3.8) is 0 Å². The van der Waals surface area contributed by atoms with Gasteiger partial charge in [-0.3, -0.25) is 9.59 Å². The van der Waals surface area contributed by atoms with E-state index in [1.54, 1.807) is 43.3 Å². The summed E-state index contributed by atoms with van der Waals surface area (Å²) in [6, 6.07) is 8.32. The van der Waals surface area contributed by atoms with Gasteiger partial charge in [0.15, 0.2) is 17.3 Å². The third-order valence-corrected chi connectivity index (χ3v) is 4.54. The fourth-order valence-electron chi connectivity index (χ4n) is 2.72. The second-order valence-electron chi connectivity index (χ2n) is 6.39. The minimum absolute atomic E-state index is 0.231. The van der Waals surface area contributed by atoms with E-state index in [9.17, 15) is 9.59 Å². The lowest BCUT2D eigenvalue weighted by Crippen LogP contribution is -2.36. The maximum Gasteiger partial charge on any atom is 0.276 e. The third-order valence-electron chi connectivity index (χ3n) is 4.20. The molecule has 1 amide bonds. The number of ketones is 1. The number of ether oxygens (including phenoxy) is 4. The van der Waals surface area contributed by atoms with Gasteiger partial charge in [-0.1, -0.05) is 6.07 Å². The molecular weight excluding hydrogens is 438 g/mol. The number of azo groups is 1. The first-order valence-electron chi connectivity index (χ1n) is 9.88. The van der Waals surface area contributed by atoms with Crippen molar-refractivity contribution < 1.29 is 28.5 Å². The first-order chi connectivity index (χ1) is 15.4. The van der Waals surface area contributed by atoms with Gasteiger partial charge in [0.2, 0.25) is 6.04 Å². The monoisotopic (exact) mass is 463 g/mol. The van der Waals surface area contributed by atoms with E-state index in [-0.39, 0.29) is 11.4 Å². The Morgan fingerprint density at radius 1 is 1.03 bits per heavy atom. The minimum atomic E-state index is -1.46. The highest BCUT2D eigenvalue weighted by molar-refractivity contribution is 6.39. The zero-order valence-corrected chi connectivity index (χ0v) is 19.4. The molecule has 2 aromatic rings. The molecule has 0 saturated heterocycles. The Bertz CT molecular complexity index is 960. The lowest BCUT2D eigenvalue weighted by molar-refractivity contribution is -0.126. The molecule has 172 valence electrons. The maximum atomic E-state index is 13.1. The van der Waals surface area contributed by atoms with Gasteiger partial charge in [0, 0.05) is 30.0 Å². The van der Waals surface area contributed by atoms with E-state index in [1.807, 2.05) is 6.92 Å². The fraction of sp³-hybridized carbons (Fsp3) is 0.364. The summed E-state index contributed by atoms with van der Waals surface area (Å²) in [6.45, 7) is 5.57. The second-order valence-corrected chi connectivity index (χ2v) is 6.73. The largest absolute Gasteiger partial charge is 0.497 e. The zero-order chi connectivity index (χ0) is 23.7. The topological polar surface area (TPSA) is 99.0 Å². The van der Waals surface area contributed by atoms with Crippen molar-refractivity contribution in [3.8, 4) is 23.0 Å². The summed E-state index contributed by atoms with van der Waals surface area (Å²) in [5.41, 5.74) is 0.573. The molecule has 0 N–H and O–H groups in total. The average molecular weight is 464 g/mol. The van der Waals surface area contributed by atoms with E-state index in [4.69, 9.17) is 30.7 Å². The van der Waals surface area contributed by atoms with Crippen LogP contribution in [0.25, 0.3) is 0 Å². The van der Waals surface area contributed by atoms with Gasteiger partial charge in [0.25, 0.3) is 5.91 Å². The van der Waals surface area contributed by atoms with Gasteiger partial charge in [0.05, 0.1) is 33.1 Å². The van der Waals surface area contributed by atoms with Crippen molar-refractivity contribution in [2.45, 2.75) is 26.8 Å². The van der Waals surface area contributed by atoms with Gasteiger partial charge in [-0.15, -0.1) is 0 Å². The van der Waals surface area contributed by atoms with Gasteiger partial charge in [-0.25, -0.2) is 4.42 Å². The number of carbonyl (C=O) groups excluding carboxylic acids is 2. The van der Waals surface area contributed by atoms with Crippen molar-refractivity contribution in [2.75, 3.05) is 31.9 Å². The molecule has 0 saturated carbocycles. The highest BCUT2D eigenvalue weighted by Gasteiger charge is 2.31. The van der Waals surface area contributed by atoms with E-state index in [1.165, 1.54) is 21.1 Å². The molecule has 2 rings (SSSR count). The normalized spacial score (nSPS) is 11.7. The smallest absolute Gasteiger partial charge is 0.276 e. The van der Waals surface area contributed by atoms with Crippen LogP contribution in [0.4, 0.5) is 11.4 Å². The maximum absolute atomic E-state index is 13.1. The van der Waals surface area contributed by atoms with Crippen molar-refractivity contribution in [1.82, 2.24) is 0 Å². The van der Waals surface area contributed by atoms with Crippen LogP contribution in [0.1, 0.15) is 20.8 Å². The SMILES string of the molecule is CCOc1cccc(N(Cl)C(=O)C(N=Nc2cc(OC)cc(OC)c2)C(C)=O)c1OCC. The molecule has 0 heterocycles. The number of halogens is 1. The molecule has 0 fully saturated rings. The molecule has 9 nitrogen and oxygen atoms in total. The molecule has 1 unspecified atom stereocenters. The number of benzene rings is 2. The number of methoxy groups -OCH3 is 2.